The number of amides is 2. The van der Waals surface area contributed by atoms with Gasteiger partial charge in [0.1, 0.15) is 11.8 Å². The highest BCUT2D eigenvalue weighted by molar-refractivity contribution is 6.32. The predicted octanol–water partition coefficient (Wildman–Crippen LogP) is 4.73. The molecule has 0 saturated heterocycles. The number of cyclic esters (lactones) is 1. The highest BCUT2D eigenvalue weighted by Crippen LogP contribution is 2.32. The largest absolute Gasteiger partial charge is 0.495 e. The minimum Gasteiger partial charge on any atom is -0.495 e. The molecule has 258 valence electrons. The zero-order chi connectivity index (χ0) is 34.7. The second-order valence-electron chi connectivity index (χ2n) is 12.4. The van der Waals surface area contributed by atoms with E-state index in [9.17, 15) is 24.6 Å². The molecule has 2 aromatic carbocycles. The number of carbonyl (C=O) groups is 3. The molecule has 0 aliphatic carbocycles. The van der Waals surface area contributed by atoms with Crippen LogP contribution in [-0.4, -0.2) is 72.3 Å². The molecule has 0 fully saturated rings. The van der Waals surface area contributed by atoms with Crippen molar-refractivity contribution in [1.82, 2.24) is 10.6 Å². The van der Waals surface area contributed by atoms with Gasteiger partial charge in [-0.3, -0.25) is 14.4 Å². The van der Waals surface area contributed by atoms with Gasteiger partial charge in [-0.25, -0.2) is 0 Å². The van der Waals surface area contributed by atoms with Crippen molar-refractivity contribution in [3.63, 3.8) is 0 Å². The Hall–Kier alpha value is -3.15. The fourth-order valence-corrected chi connectivity index (χ4v) is 5.86. The summed E-state index contributed by atoms with van der Waals surface area (Å²) in [6.07, 6.45) is -1.19. The van der Waals surface area contributed by atoms with E-state index in [0.717, 1.165) is 0 Å². The molecular formula is C35H46Cl2N2O8. The number of aliphatic hydroxyl groups is 2. The summed E-state index contributed by atoms with van der Waals surface area (Å²) in [6.45, 7) is 7.09. The maximum atomic E-state index is 13.3. The van der Waals surface area contributed by atoms with Crippen LogP contribution >= 0.6 is 23.2 Å². The highest BCUT2D eigenvalue weighted by atomic mass is 35.5. The van der Waals surface area contributed by atoms with Gasteiger partial charge in [0, 0.05) is 18.9 Å². The SMILES string of the molecule is COc1ccc(C[C@H]2NC(=O)C=CC[C@@H]([C@H](C)[C@@H](O)[C@@H](Cl)c3ccccc3)O[C@@H](O)[C@H](CC(C)C)OC(=O)[C@H](C)CNC2=O)cc1Cl. The first-order chi connectivity index (χ1) is 22.3. The molecule has 1 heterocycles. The Bertz CT molecular complexity index is 1360. The van der Waals surface area contributed by atoms with Crippen molar-refractivity contribution >= 4 is 41.0 Å². The number of carbonyl (C=O) groups excluding carboxylic acids is 3. The first-order valence-corrected chi connectivity index (χ1v) is 16.6. The van der Waals surface area contributed by atoms with E-state index >= 15 is 0 Å². The van der Waals surface area contributed by atoms with E-state index in [4.69, 9.17) is 37.4 Å². The topological polar surface area (TPSA) is 143 Å². The Morgan fingerprint density at radius 1 is 1.09 bits per heavy atom. The molecular weight excluding hydrogens is 647 g/mol. The van der Waals surface area contributed by atoms with E-state index in [1.165, 1.54) is 19.3 Å². The number of hydrogen-bond acceptors (Lipinski definition) is 8. The molecule has 10 nitrogen and oxygen atoms in total. The Kier molecular flexibility index (Phi) is 15.0. The molecule has 4 N–H and O–H groups in total. The van der Waals surface area contributed by atoms with Crippen LogP contribution in [0.15, 0.2) is 60.7 Å². The van der Waals surface area contributed by atoms with Crippen LogP contribution in [0.25, 0.3) is 0 Å². The summed E-state index contributed by atoms with van der Waals surface area (Å²) < 4.78 is 17.0. The summed E-state index contributed by atoms with van der Waals surface area (Å²) in [7, 11) is 1.50. The maximum Gasteiger partial charge on any atom is 0.310 e. The lowest BCUT2D eigenvalue weighted by molar-refractivity contribution is -0.220. The molecule has 12 heteroatoms. The van der Waals surface area contributed by atoms with Crippen molar-refractivity contribution in [2.45, 2.75) is 83.0 Å². The molecule has 0 aromatic heterocycles. The Morgan fingerprint density at radius 2 is 1.79 bits per heavy atom. The minimum absolute atomic E-state index is 0.0363. The van der Waals surface area contributed by atoms with Crippen molar-refractivity contribution in [1.29, 1.82) is 0 Å². The van der Waals surface area contributed by atoms with E-state index in [-0.39, 0.29) is 25.3 Å². The summed E-state index contributed by atoms with van der Waals surface area (Å²) in [4.78, 5) is 39.5. The van der Waals surface area contributed by atoms with Crippen molar-refractivity contribution in [3.05, 3.63) is 76.8 Å². The van der Waals surface area contributed by atoms with E-state index in [2.05, 4.69) is 10.6 Å². The second kappa shape index (κ2) is 18.4. The molecule has 8 atom stereocenters. The van der Waals surface area contributed by atoms with Crippen LogP contribution in [0.4, 0.5) is 0 Å². The summed E-state index contributed by atoms with van der Waals surface area (Å²) in [6, 6.07) is 13.2. The van der Waals surface area contributed by atoms with Gasteiger partial charge in [-0.1, -0.05) is 81.8 Å². The third kappa shape index (κ3) is 11.5. The average Bonchev–Trinajstić information content (AvgIpc) is 3.04. The summed E-state index contributed by atoms with van der Waals surface area (Å²) in [5.41, 5.74) is 1.39. The third-order valence-electron chi connectivity index (χ3n) is 8.06. The van der Waals surface area contributed by atoms with Crippen LogP contribution in [0.2, 0.25) is 5.02 Å². The third-order valence-corrected chi connectivity index (χ3v) is 8.86. The standard InChI is InChI=1S/C35H46Cl2N2O8/c1-20(2)16-29-35(44)46-27(22(4)32(41)31(37)24-10-7-6-8-11-24)12-9-13-30(40)39-26(33(42)38-19-21(3)34(43)47-29)18-23-14-15-28(45-5)25(36)17-23/h6-11,13-15,17,20-22,26-27,29,31-32,35,41,44H,12,16,18-19H2,1-5H3,(H,38,42)(H,39,40)/t21-,22+,26-,27+,29+,31+,32-,35-/m1/s1. The first kappa shape index (κ1) is 38.3. The molecule has 2 amide bonds. The summed E-state index contributed by atoms with van der Waals surface area (Å²) in [5, 5.41) is 27.5. The van der Waals surface area contributed by atoms with Crippen LogP contribution in [0.1, 0.15) is 57.0 Å². The number of aliphatic hydroxyl groups excluding tert-OH is 2. The molecule has 3 rings (SSSR count). The number of alkyl halides is 1. The molecule has 0 saturated carbocycles. The van der Waals surface area contributed by atoms with Crippen LogP contribution in [0, 0.1) is 17.8 Å². The Labute approximate surface area is 286 Å². The van der Waals surface area contributed by atoms with E-state index in [0.29, 0.717) is 28.3 Å². The monoisotopic (exact) mass is 692 g/mol. The van der Waals surface area contributed by atoms with Crippen LogP contribution < -0.4 is 15.4 Å². The fraction of sp³-hybridized carbons (Fsp3) is 0.514. The highest BCUT2D eigenvalue weighted by Gasteiger charge is 2.35. The number of methoxy groups -OCH3 is 1. The number of nitrogens with one attached hydrogen (secondary N) is 2. The Balaban J connectivity index is 1.92. The van der Waals surface area contributed by atoms with Crippen LogP contribution in [-0.2, 0) is 30.3 Å². The van der Waals surface area contributed by atoms with Gasteiger partial charge in [-0.05, 0) is 48.1 Å². The average molecular weight is 694 g/mol. The van der Waals surface area contributed by atoms with Gasteiger partial charge in [-0.2, -0.15) is 0 Å². The minimum atomic E-state index is -1.54. The smallest absolute Gasteiger partial charge is 0.310 e. The van der Waals surface area contributed by atoms with Crippen molar-refractivity contribution in [3.8, 4) is 5.75 Å². The first-order valence-electron chi connectivity index (χ1n) is 15.8. The molecule has 0 radical (unpaired) electrons. The van der Waals surface area contributed by atoms with Gasteiger partial charge in [0.05, 0.1) is 35.6 Å². The molecule has 0 spiro atoms. The van der Waals surface area contributed by atoms with Gasteiger partial charge in [0.25, 0.3) is 0 Å². The van der Waals surface area contributed by atoms with Crippen molar-refractivity contribution < 1.29 is 38.8 Å². The van der Waals surface area contributed by atoms with Crippen LogP contribution in [0.3, 0.4) is 0 Å². The number of benzene rings is 2. The number of esters is 1. The number of hydrogen-bond donors (Lipinski definition) is 4. The zero-order valence-electron chi connectivity index (χ0n) is 27.4. The molecule has 1 aliphatic heterocycles. The second-order valence-corrected chi connectivity index (χ2v) is 13.2. The number of halogens is 2. The lowest BCUT2D eigenvalue weighted by Crippen LogP contribution is -2.49. The van der Waals surface area contributed by atoms with Gasteiger partial charge < -0.3 is 35.1 Å². The van der Waals surface area contributed by atoms with Gasteiger partial charge in [0.15, 0.2) is 12.4 Å². The maximum absolute atomic E-state index is 13.3. The van der Waals surface area contributed by atoms with Crippen molar-refractivity contribution in [2.75, 3.05) is 13.7 Å². The predicted molar refractivity (Wildman–Crippen MR) is 180 cm³/mol. The van der Waals surface area contributed by atoms with Crippen molar-refractivity contribution in [2.24, 2.45) is 17.8 Å². The van der Waals surface area contributed by atoms with E-state index in [1.54, 1.807) is 44.2 Å². The van der Waals surface area contributed by atoms with E-state index in [1.807, 2.05) is 32.0 Å². The zero-order valence-corrected chi connectivity index (χ0v) is 28.9. The molecule has 0 unspecified atom stereocenters. The van der Waals surface area contributed by atoms with Gasteiger partial charge in [0.2, 0.25) is 11.8 Å². The summed E-state index contributed by atoms with van der Waals surface area (Å²) in [5.74, 6) is -2.59. The number of ether oxygens (including phenoxy) is 3. The lowest BCUT2D eigenvalue weighted by atomic mass is 9.90. The lowest BCUT2D eigenvalue weighted by Gasteiger charge is -2.34. The Morgan fingerprint density at radius 3 is 2.43 bits per heavy atom. The van der Waals surface area contributed by atoms with Gasteiger partial charge in [-0.15, -0.1) is 11.6 Å². The summed E-state index contributed by atoms with van der Waals surface area (Å²) >= 11 is 13.0. The van der Waals surface area contributed by atoms with Crippen LogP contribution in [0.5, 0.6) is 5.75 Å². The molecule has 1 aliphatic rings. The molecule has 47 heavy (non-hydrogen) atoms. The quantitative estimate of drug-likeness (QED) is 0.218. The van der Waals surface area contributed by atoms with Gasteiger partial charge >= 0.3 is 5.97 Å². The van der Waals surface area contributed by atoms with E-state index < -0.39 is 65.6 Å². The normalized spacial score (nSPS) is 25.3. The fourth-order valence-electron chi connectivity index (χ4n) is 5.21. The molecule has 0 bridgehead atoms. The molecule has 2 aromatic rings. The number of rotatable bonds is 9.